The second-order valence-corrected chi connectivity index (χ2v) is 10.5. The highest BCUT2D eigenvalue weighted by atomic mass is 32.1. The predicted molar refractivity (Wildman–Crippen MR) is 136 cm³/mol. The summed E-state index contributed by atoms with van der Waals surface area (Å²) in [6.45, 7) is 4.69. The minimum Gasteiger partial charge on any atom is -0.331 e. The molecule has 1 saturated carbocycles. The summed E-state index contributed by atoms with van der Waals surface area (Å²) in [5, 5.41) is 4.53. The van der Waals surface area contributed by atoms with Gasteiger partial charge >= 0.3 is 6.18 Å². The largest absolute Gasteiger partial charge is 0.416 e. The summed E-state index contributed by atoms with van der Waals surface area (Å²) >= 11 is 1.27. The number of aromatic nitrogens is 1. The number of benzene rings is 2. The van der Waals surface area contributed by atoms with E-state index in [4.69, 9.17) is 0 Å². The van der Waals surface area contributed by atoms with Gasteiger partial charge in [-0.2, -0.15) is 13.2 Å². The molecule has 5 nitrogen and oxygen atoms in total. The van der Waals surface area contributed by atoms with Crippen LogP contribution in [0.2, 0.25) is 0 Å². The summed E-state index contributed by atoms with van der Waals surface area (Å²) in [6, 6.07) is 11.6. The molecule has 0 spiro atoms. The van der Waals surface area contributed by atoms with Crippen LogP contribution in [0, 0.1) is 5.92 Å². The Morgan fingerprint density at radius 3 is 2.75 bits per heavy atom. The smallest absolute Gasteiger partial charge is 0.331 e. The van der Waals surface area contributed by atoms with Gasteiger partial charge in [0.05, 0.1) is 18.3 Å². The third-order valence-corrected chi connectivity index (χ3v) is 7.75. The fourth-order valence-electron chi connectivity index (χ4n) is 4.75. The summed E-state index contributed by atoms with van der Waals surface area (Å²) in [5.41, 5.74) is 2.92. The van der Waals surface area contributed by atoms with Crippen LogP contribution in [0.4, 0.5) is 29.0 Å². The van der Waals surface area contributed by atoms with Crippen molar-refractivity contribution >= 4 is 33.1 Å². The fraction of sp³-hybridized carbons (Fsp3) is 0.407. The van der Waals surface area contributed by atoms with Gasteiger partial charge in [0.25, 0.3) is 0 Å². The molecule has 3 aromatic rings. The van der Waals surface area contributed by atoms with Crippen LogP contribution in [-0.2, 0) is 30.5 Å². The van der Waals surface area contributed by atoms with E-state index in [9.17, 15) is 18.0 Å². The lowest BCUT2D eigenvalue weighted by Gasteiger charge is -2.30. The predicted octanol–water partition coefficient (Wildman–Crippen LogP) is 6.62. The van der Waals surface area contributed by atoms with E-state index in [1.807, 2.05) is 12.1 Å². The number of alkyl halides is 3. The lowest BCUT2D eigenvalue weighted by atomic mass is 9.97. The molecule has 36 heavy (non-hydrogen) atoms. The number of hydrogen-bond donors (Lipinski definition) is 1. The van der Waals surface area contributed by atoms with Crippen molar-refractivity contribution in [2.24, 2.45) is 5.92 Å². The number of hydrogen-bond acceptors (Lipinski definition) is 5. The lowest BCUT2D eigenvalue weighted by molar-refractivity contribution is -0.138. The van der Waals surface area contributed by atoms with Crippen LogP contribution in [0.15, 0.2) is 48.7 Å². The Morgan fingerprint density at radius 2 is 2.00 bits per heavy atom. The van der Waals surface area contributed by atoms with Gasteiger partial charge in [0.1, 0.15) is 5.00 Å². The zero-order valence-corrected chi connectivity index (χ0v) is 21.0. The van der Waals surface area contributed by atoms with E-state index < -0.39 is 11.7 Å². The van der Waals surface area contributed by atoms with Gasteiger partial charge in [0.2, 0.25) is 5.91 Å². The zero-order valence-electron chi connectivity index (χ0n) is 20.1. The molecular formula is C27H29F3N4OS. The molecule has 1 N–H and O–H groups in total. The van der Waals surface area contributed by atoms with E-state index in [0.29, 0.717) is 10.1 Å². The molecule has 1 aromatic heterocycles. The van der Waals surface area contributed by atoms with Gasteiger partial charge in [-0.3, -0.25) is 14.6 Å². The Balaban J connectivity index is 1.35. The highest BCUT2D eigenvalue weighted by Crippen LogP contribution is 2.37. The molecule has 2 aliphatic rings. The Morgan fingerprint density at radius 1 is 1.19 bits per heavy atom. The third kappa shape index (κ3) is 5.57. The molecule has 0 saturated heterocycles. The Bertz CT molecular complexity index is 1240. The lowest BCUT2D eigenvalue weighted by Crippen LogP contribution is -2.32. The van der Waals surface area contributed by atoms with Gasteiger partial charge in [-0.25, -0.2) is 4.98 Å². The maximum atomic E-state index is 13.5. The van der Waals surface area contributed by atoms with Gasteiger partial charge in [-0.15, -0.1) is 0 Å². The normalized spacial score (nSPS) is 16.0. The van der Waals surface area contributed by atoms with Crippen LogP contribution in [0.5, 0.6) is 0 Å². The summed E-state index contributed by atoms with van der Waals surface area (Å²) in [5.74, 6) is 0.605. The first kappa shape index (κ1) is 24.8. The summed E-state index contributed by atoms with van der Waals surface area (Å²) in [4.78, 5) is 21.1. The molecule has 190 valence electrons. The van der Waals surface area contributed by atoms with Crippen molar-refractivity contribution in [1.82, 2.24) is 9.88 Å². The van der Waals surface area contributed by atoms with Crippen LogP contribution in [-0.4, -0.2) is 28.9 Å². The molecule has 1 aliphatic heterocycles. The molecule has 0 bridgehead atoms. The average Bonchev–Trinajstić information content (AvgIpc) is 3.56. The van der Waals surface area contributed by atoms with Gasteiger partial charge in [0, 0.05) is 31.7 Å². The Labute approximate surface area is 213 Å². The zero-order chi connectivity index (χ0) is 25.3. The van der Waals surface area contributed by atoms with Crippen LogP contribution in [0.3, 0.4) is 0 Å². The van der Waals surface area contributed by atoms with Crippen molar-refractivity contribution in [1.29, 1.82) is 0 Å². The van der Waals surface area contributed by atoms with Crippen molar-refractivity contribution in [2.45, 2.75) is 51.9 Å². The third-order valence-electron chi connectivity index (χ3n) is 6.81. The molecule has 2 aromatic carbocycles. The monoisotopic (exact) mass is 514 g/mol. The molecule has 1 aliphatic carbocycles. The first-order valence-electron chi connectivity index (χ1n) is 12.3. The van der Waals surface area contributed by atoms with Crippen molar-refractivity contribution < 1.29 is 18.0 Å². The fourth-order valence-corrected chi connectivity index (χ4v) is 5.60. The van der Waals surface area contributed by atoms with E-state index in [1.165, 1.54) is 58.9 Å². The molecule has 5 rings (SSSR count). The number of anilines is 3. The number of rotatable bonds is 8. The van der Waals surface area contributed by atoms with Gasteiger partial charge in [-0.1, -0.05) is 48.6 Å². The first-order valence-corrected chi connectivity index (χ1v) is 13.1. The summed E-state index contributed by atoms with van der Waals surface area (Å²) in [7, 11) is 0. The maximum absolute atomic E-state index is 13.5. The SMILES string of the molecule is CCC(=O)N(Cc1ccccc1C(F)(F)F)c1cnc(Nc2cccc3c2CCN(CC2CC2)C3)s1. The van der Waals surface area contributed by atoms with E-state index in [-0.39, 0.29) is 24.4 Å². The minimum atomic E-state index is -4.49. The molecule has 0 unspecified atom stereocenters. The number of thiazole rings is 1. The number of halogens is 3. The molecule has 9 heteroatoms. The van der Waals surface area contributed by atoms with Crippen molar-refractivity contribution in [3.8, 4) is 0 Å². The average molecular weight is 515 g/mol. The second kappa shape index (κ2) is 10.2. The molecular weight excluding hydrogens is 485 g/mol. The molecule has 0 atom stereocenters. The molecule has 1 fully saturated rings. The van der Waals surface area contributed by atoms with E-state index in [0.717, 1.165) is 37.2 Å². The van der Waals surface area contributed by atoms with Crippen LogP contribution >= 0.6 is 11.3 Å². The number of carbonyl (C=O) groups excluding carboxylic acids is 1. The minimum absolute atomic E-state index is 0.0580. The standard InChI is InChI=1S/C27H29F3N4OS/c1-2-24(35)34(17-20-6-3-4-8-22(20)27(28,29)30)25-14-31-26(36-25)32-23-9-5-7-19-16-33(13-12-21(19)23)15-18-10-11-18/h3-9,14,18H,2,10-13,15-17H2,1H3,(H,31,32). The Kier molecular flexibility index (Phi) is 7.03. The van der Waals surface area contributed by atoms with Crippen molar-refractivity contribution in [2.75, 3.05) is 23.3 Å². The number of nitrogens with zero attached hydrogens (tertiary/aromatic N) is 3. The molecule has 1 amide bonds. The summed E-state index contributed by atoms with van der Waals surface area (Å²) < 4.78 is 40.6. The highest BCUT2D eigenvalue weighted by Gasteiger charge is 2.34. The van der Waals surface area contributed by atoms with Gasteiger partial charge in [0.15, 0.2) is 5.13 Å². The van der Waals surface area contributed by atoms with Crippen molar-refractivity contribution in [3.63, 3.8) is 0 Å². The molecule has 2 heterocycles. The van der Waals surface area contributed by atoms with E-state index >= 15 is 0 Å². The summed E-state index contributed by atoms with van der Waals surface area (Å²) in [6.07, 6.45) is 0.895. The Hall–Kier alpha value is -2.91. The van der Waals surface area contributed by atoms with Gasteiger partial charge < -0.3 is 5.32 Å². The number of amides is 1. The van der Waals surface area contributed by atoms with Crippen LogP contribution in [0.25, 0.3) is 0 Å². The second-order valence-electron chi connectivity index (χ2n) is 9.49. The number of fused-ring (bicyclic) bond motifs is 1. The van der Waals surface area contributed by atoms with Crippen molar-refractivity contribution in [3.05, 3.63) is 70.9 Å². The van der Waals surface area contributed by atoms with Crippen LogP contribution in [0.1, 0.15) is 48.4 Å². The van der Waals surface area contributed by atoms with E-state index in [1.54, 1.807) is 19.2 Å². The van der Waals surface area contributed by atoms with Gasteiger partial charge in [-0.05, 0) is 54.0 Å². The topological polar surface area (TPSA) is 48.5 Å². The number of carbonyl (C=O) groups is 1. The quantitative estimate of drug-likeness (QED) is 0.367. The maximum Gasteiger partial charge on any atom is 0.416 e. The first-order chi connectivity index (χ1) is 17.3. The van der Waals surface area contributed by atoms with Crippen LogP contribution < -0.4 is 10.2 Å². The number of nitrogens with one attached hydrogen (secondary N) is 1. The van der Waals surface area contributed by atoms with E-state index in [2.05, 4.69) is 21.3 Å². The molecule has 0 radical (unpaired) electrons. The highest BCUT2D eigenvalue weighted by molar-refractivity contribution is 7.19.